The molecular weight excluding hydrogens is 267 g/mol. The third-order valence-electron chi connectivity index (χ3n) is 3.01. The fourth-order valence-electron chi connectivity index (χ4n) is 1.60. The molecule has 0 bridgehead atoms. The van der Waals surface area contributed by atoms with Gasteiger partial charge in [0, 0.05) is 26.8 Å². The minimum atomic E-state index is 0. The van der Waals surface area contributed by atoms with Gasteiger partial charge in [-0.1, -0.05) is 20.8 Å². The van der Waals surface area contributed by atoms with Crippen LogP contribution >= 0.6 is 0 Å². The zero-order chi connectivity index (χ0) is 13.1. The predicted octanol–water partition coefficient (Wildman–Crippen LogP) is 0.517. The quantitative estimate of drug-likeness (QED) is 0.523. The Hall–Kier alpha value is 1.48. The summed E-state index contributed by atoms with van der Waals surface area (Å²) in [4.78, 5) is 2.41. The van der Waals surface area contributed by atoms with E-state index in [-0.39, 0.29) is 57.5 Å². The molecule has 0 saturated heterocycles. The first-order chi connectivity index (χ1) is 8.10. The number of nitrogens with zero attached hydrogens (tertiary/aromatic N) is 1. The van der Waals surface area contributed by atoms with Crippen molar-refractivity contribution in [3.63, 3.8) is 0 Å². The second-order valence-electron chi connectivity index (χ2n) is 5.08. The molecule has 0 fully saturated rings. The Bertz CT molecular complexity index is 172. The first-order valence-corrected chi connectivity index (χ1v) is 6.93. The van der Waals surface area contributed by atoms with Gasteiger partial charge in [-0.3, -0.25) is 0 Å². The van der Waals surface area contributed by atoms with Gasteiger partial charge in [0.25, 0.3) is 0 Å². The van der Waals surface area contributed by atoms with Gasteiger partial charge in [0.1, 0.15) is 0 Å². The standard InChI is InChI=1S/C14H31NO2.K.H2N/c1-6-15(10-12-16-5)9-7-14(4)17-11-8-13(2)3;;/h13-14H,6-12H2,1-5H3;;1H2/q;+1;-1. The normalized spacial score (nSPS) is 12.2. The number of hydrogen-bond donors (Lipinski definition) is 0. The monoisotopic (exact) mass is 300 g/mol. The minimum Gasteiger partial charge on any atom is -0.693 e. The third-order valence-corrected chi connectivity index (χ3v) is 3.01. The molecule has 0 radical (unpaired) electrons. The predicted molar refractivity (Wildman–Crippen MR) is 78.8 cm³/mol. The maximum atomic E-state index is 5.79. The van der Waals surface area contributed by atoms with Crippen molar-refractivity contribution in [2.75, 3.05) is 40.0 Å². The van der Waals surface area contributed by atoms with Gasteiger partial charge in [0.2, 0.25) is 0 Å². The average molecular weight is 301 g/mol. The first-order valence-electron chi connectivity index (χ1n) is 6.93. The van der Waals surface area contributed by atoms with Gasteiger partial charge in [-0.15, -0.1) is 0 Å². The van der Waals surface area contributed by atoms with E-state index in [1.165, 1.54) is 0 Å². The average Bonchev–Trinajstić information content (AvgIpc) is 2.29. The molecule has 0 aromatic rings. The zero-order valence-corrected chi connectivity index (χ0v) is 17.1. The Labute approximate surface area is 163 Å². The number of ether oxygens (including phenoxy) is 2. The smallest absolute Gasteiger partial charge is 0.693 e. The molecule has 2 N–H and O–H groups in total. The second kappa shape index (κ2) is 17.5. The summed E-state index contributed by atoms with van der Waals surface area (Å²) >= 11 is 0. The van der Waals surface area contributed by atoms with Gasteiger partial charge in [-0.2, -0.15) is 0 Å². The fourth-order valence-corrected chi connectivity index (χ4v) is 1.60. The summed E-state index contributed by atoms with van der Waals surface area (Å²) in [7, 11) is 1.76. The van der Waals surface area contributed by atoms with E-state index < -0.39 is 0 Å². The van der Waals surface area contributed by atoms with Crippen LogP contribution in [-0.4, -0.2) is 51.0 Å². The summed E-state index contributed by atoms with van der Waals surface area (Å²) in [6, 6.07) is 0. The van der Waals surface area contributed by atoms with Crippen molar-refractivity contribution in [3.05, 3.63) is 6.15 Å². The molecule has 0 heterocycles. The third kappa shape index (κ3) is 17.4. The molecule has 1 unspecified atom stereocenters. The topological polar surface area (TPSA) is 55.2 Å². The van der Waals surface area contributed by atoms with Crippen LogP contribution in [0, 0.1) is 5.92 Å². The van der Waals surface area contributed by atoms with Crippen molar-refractivity contribution < 1.29 is 60.9 Å². The minimum absolute atomic E-state index is 0. The summed E-state index contributed by atoms with van der Waals surface area (Å²) < 4.78 is 10.9. The summed E-state index contributed by atoms with van der Waals surface area (Å²) in [5, 5.41) is 0. The van der Waals surface area contributed by atoms with Crippen LogP contribution in [0.1, 0.15) is 40.5 Å². The second-order valence-corrected chi connectivity index (χ2v) is 5.08. The molecule has 0 aromatic carbocycles. The van der Waals surface area contributed by atoms with E-state index in [0.717, 1.165) is 51.6 Å². The molecule has 0 spiro atoms. The van der Waals surface area contributed by atoms with Gasteiger partial charge < -0.3 is 20.5 Å². The molecule has 19 heavy (non-hydrogen) atoms. The van der Waals surface area contributed by atoms with Crippen molar-refractivity contribution in [1.29, 1.82) is 0 Å². The van der Waals surface area contributed by atoms with Crippen LogP contribution in [-0.2, 0) is 9.47 Å². The summed E-state index contributed by atoms with van der Waals surface area (Å²) in [6.45, 7) is 13.7. The molecule has 0 aliphatic carbocycles. The maximum absolute atomic E-state index is 5.79. The van der Waals surface area contributed by atoms with Crippen molar-refractivity contribution >= 4 is 0 Å². The first kappa shape index (κ1) is 25.4. The summed E-state index contributed by atoms with van der Waals surface area (Å²) in [5.74, 6) is 0.732. The van der Waals surface area contributed by atoms with Crippen molar-refractivity contribution in [2.45, 2.75) is 46.6 Å². The molecule has 0 aromatic heterocycles. The molecule has 4 nitrogen and oxygen atoms in total. The van der Waals surface area contributed by atoms with Crippen LogP contribution in [0.25, 0.3) is 6.15 Å². The molecule has 0 aliphatic heterocycles. The Morgan fingerprint density at radius 3 is 2.11 bits per heavy atom. The summed E-state index contributed by atoms with van der Waals surface area (Å²) in [6.07, 6.45) is 2.63. The number of rotatable bonds is 11. The van der Waals surface area contributed by atoms with Crippen molar-refractivity contribution in [1.82, 2.24) is 4.90 Å². The Morgan fingerprint density at radius 1 is 1.00 bits per heavy atom. The van der Waals surface area contributed by atoms with Crippen molar-refractivity contribution in [2.24, 2.45) is 5.92 Å². The molecule has 0 rings (SSSR count). The van der Waals surface area contributed by atoms with E-state index >= 15 is 0 Å². The fraction of sp³-hybridized carbons (Fsp3) is 1.00. The number of likely N-dealkylation sites (N-methyl/N-ethyl adjacent to an activating group) is 1. The molecule has 0 aliphatic rings. The van der Waals surface area contributed by atoms with Gasteiger partial charge >= 0.3 is 51.4 Å². The van der Waals surface area contributed by atoms with E-state index in [9.17, 15) is 0 Å². The largest absolute Gasteiger partial charge is 1.00 e. The van der Waals surface area contributed by atoms with E-state index in [2.05, 4.69) is 32.6 Å². The Morgan fingerprint density at radius 2 is 1.63 bits per heavy atom. The molecule has 0 saturated carbocycles. The molecule has 0 amide bonds. The van der Waals surface area contributed by atoms with E-state index in [0.29, 0.717) is 6.10 Å². The van der Waals surface area contributed by atoms with Crippen LogP contribution in [0.15, 0.2) is 0 Å². The molecule has 5 heteroatoms. The van der Waals surface area contributed by atoms with E-state index in [1.54, 1.807) is 7.11 Å². The SMILES string of the molecule is CCN(CCOC)CCC(C)OCCC(C)C.[K+].[NH2-]. The van der Waals surface area contributed by atoms with E-state index in [4.69, 9.17) is 9.47 Å². The van der Waals surface area contributed by atoms with Crippen LogP contribution in [0.2, 0.25) is 0 Å². The number of nitrogens with two attached hydrogens (primary N) is 1. The van der Waals surface area contributed by atoms with Crippen LogP contribution in [0.4, 0.5) is 0 Å². The van der Waals surface area contributed by atoms with Gasteiger partial charge in [0.05, 0.1) is 12.7 Å². The Balaban J connectivity index is -0.00000128. The van der Waals surface area contributed by atoms with Gasteiger partial charge in [-0.05, 0) is 32.2 Å². The van der Waals surface area contributed by atoms with Crippen molar-refractivity contribution in [3.8, 4) is 0 Å². The molecular formula is C14H33KN2O2. The Kier molecular flexibility index (Phi) is 23.5. The van der Waals surface area contributed by atoms with Crippen LogP contribution < -0.4 is 51.4 Å². The van der Waals surface area contributed by atoms with Crippen LogP contribution in [0.3, 0.4) is 0 Å². The zero-order valence-electron chi connectivity index (χ0n) is 13.9. The number of hydrogen-bond acceptors (Lipinski definition) is 3. The molecule has 112 valence electrons. The maximum Gasteiger partial charge on any atom is 1.00 e. The summed E-state index contributed by atoms with van der Waals surface area (Å²) in [5.41, 5.74) is 0. The van der Waals surface area contributed by atoms with Crippen LogP contribution in [0.5, 0.6) is 0 Å². The number of methoxy groups -OCH3 is 1. The van der Waals surface area contributed by atoms with Gasteiger partial charge in [0.15, 0.2) is 0 Å². The van der Waals surface area contributed by atoms with E-state index in [1.807, 2.05) is 0 Å². The molecule has 1 atom stereocenters. The van der Waals surface area contributed by atoms with Gasteiger partial charge in [-0.25, -0.2) is 0 Å².